The van der Waals surface area contributed by atoms with Crippen LogP contribution >= 0.6 is 0 Å². The Balaban J connectivity index is 2.21. The quantitative estimate of drug-likeness (QED) is 0.838. The van der Waals surface area contributed by atoms with Crippen LogP contribution in [-0.2, 0) is 6.61 Å². The molecule has 0 aliphatic rings. The summed E-state index contributed by atoms with van der Waals surface area (Å²) in [6.07, 6.45) is 0. The number of carbonyl (C=O) groups excluding carboxylic acids is 1. The fourth-order valence-corrected chi connectivity index (χ4v) is 2.01. The zero-order chi connectivity index (χ0) is 14.7. The van der Waals surface area contributed by atoms with Gasteiger partial charge in [0.1, 0.15) is 12.4 Å². The Morgan fingerprint density at radius 1 is 1.15 bits per heavy atom. The maximum Gasteiger partial charge on any atom is 0.249 e. The van der Waals surface area contributed by atoms with Crippen LogP contribution in [0.5, 0.6) is 5.75 Å². The lowest BCUT2D eigenvalue weighted by atomic mass is 10.1. The smallest absolute Gasteiger partial charge is 0.249 e. The lowest BCUT2D eigenvalue weighted by Crippen LogP contribution is -2.14. The summed E-state index contributed by atoms with van der Waals surface area (Å²) in [7, 11) is 0. The topological polar surface area (TPSA) is 78.3 Å². The first kappa shape index (κ1) is 13.9. The molecule has 0 aromatic heterocycles. The lowest BCUT2D eigenvalue weighted by Gasteiger charge is -2.13. The standard InChI is InChI=1S/C16H18N2O2/c1-10-8-15(11(2)7-14(10)17)20-9-12-5-3-4-6-13(12)16(18)19/h3-8H,9,17H2,1-2H3,(H2,18,19). The van der Waals surface area contributed by atoms with Crippen molar-refractivity contribution in [3.05, 3.63) is 58.7 Å². The molecule has 0 radical (unpaired) electrons. The maximum absolute atomic E-state index is 11.3. The molecule has 0 aliphatic heterocycles. The Morgan fingerprint density at radius 2 is 1.85 bits per heavy atom. The van der Waals surface area contributed by atoms with Gasteiger partial charge in [-0.05, 0) is 43.2 Å². The van der Waals surface area contributed by atoms with Crippen molar-refractivity contribution >= 4 is 11.6 Å². The number of nitrogen functional groups attached to an aromatic ring is 1. The summed E-state index contributed by atoms with van der Waals surface area (Å²) in [6.45, 7) is 4.16. The van der Waals surface area contributed by atoms with Crippen LogP contribution in [0.2, 0.25) is 0 Å². The first-order valence-electron chi connectivity index (χ1n) is 6.36. The number of aryl methyl sites for hydroxylation is 2. The lowest BCUT2D eigenvalue weighted by molar-refractivity contribution is 0.0998. The number of hydrogen-bond donors (Lipinski definition) is 2. The molecular weight excluding hydrogens is 252 g/mol. The molecule has 104 valence electrons. The van der Waals surface area contributed by atoms with Gasteiger partial charge in [0.15, 0.2) is 0 Å². The fourth-order valence-electron chi connectivity index (χ4n) is 2.01. The van der Waals surface area contributed by atoms with Crippen molar-refractivity contribution in [2.45, 2.75) is 20.5 Å². The molecule has 0 bridgehead atoms. The molecule has 0 heterocycles. The van der Waals surface area contributed by atoms with Gasteiger partial charge in [-0.3, -0.25) is 4.79 Å². The Labute approximate surface area is 118 Å². The zero-order valence-corrected chi connectivity index (χ0v) is 11.6. The number of benzene rings is 2. The zero-order valence-electron chi connectivity index (χ0n) is 11.6. The number of ether oxygens (including phenoxy) is 1. The predicted molar refractivity (Wildman–Crippen MR) is 79.6 cm³/mol. The molecule has 0 aliphatic carbocycles. The summed E-state index contributed by atoms with van der Waals surface area (Å²) >= 11 is 0. The minimum Gasteiger partial charge on any atom is -0.489 e. The Kier molecular flexibility index (Phi) is 3.94. The third-order valence-electron chi connectivity index (χ3n) is 3.23. The summed E-state index contributed by atoms with van der Waals surface area (Å²) in [5.74, 6) is 0.311. The van der Waals surface area contributed by atoms with E-state index >= 15 is 0 Å². The van der Waals surface area contributed by atoms with Gasteiger partial charge in [0.2, 0.25) is 5.91 Å². The van der Waals surface area contributed by atoms with Crippen LogP contribution in [-0.4, -0.2) is 5.91 Å². The minimum atomic E-state index is -0.450. The molecule has 4 nitrogen and oxygen atoms in total. The van der Waals surface area contributed by atoms with E-state index in [-0.39, 0.29) is 0 Å². The SMILES string of the molecule is Cc1cc(OCc2ccccc2C(N)=O)c(C)cc1N. The second kappa shape index (κ2) is 5.65. The Hall–Kier alpha value is -2.49. The third kappa shape index (κ3) is 2.91. The molecule has 2 rings (SSSR count). The molecule has 4 N–H and O–H groups in total. The molecule has 20 heavy (non-hydrogen) atoms. The summed E-state index contributed by atoms with van der Waals surface area (Å²) in [5, 5.41) is 0. The highest BCUT2D eigenvalue weighted by molar-refractivity contribution is 5.94. The average molecular weight is 270 g/mol. The largest absolute Gasteiger partial charge is 0.489 e. The number of rotatable bonds is 4. The van der Waals surface area contributed by atoms with Crippen molar-refractivity contribution in [2.24, 2.45) is 5.73 Å². The molecule has 2 aromatic rings. The van der Waals surface area contributed by atoms with Crippen molar-refractivity contribution < 1.29 is 9.53 Å². The minimum absolute atomic E-state index is 0.295. The van der Waals surface area contributed by atoms with Gasteiger partial charge in [-0.2, -0.15) is 0 Å². The molecule has 0 saturated carbocycles. The van der Waals surface area contributed by atoms with E-state index in [2.05, 4.69) is 0 Å². The van der Waals surface area contributed by atoms with E-state index in [0.29, 0.717) is 12.2 Å². The van der Waals surface area contributed by atoms with E-state index in [1.165, 1.54) is 0 Å². The summed E-state index contributed by atoms with van der Waals surface area (Å²) in [4.78, 5) is 11.3. The predicted octanol–water partition coefficient (Wildman–Crippen LogP) is 2.56. The van der Waals surface area contributed by atoms with Gasteiger partial charge in [0, 0.05) is 16.8 Å². The van der Waals surface area contributed by atoms with Crippen molar-refractivity contribution in [3.63, 3.8) is 0 Å². The normalized spacial score (nSPS) is 10.3. The van der Waals surface area contributed by atoms with Gasteiger partial charge in [-0.15, -0.1) is 0 Å². The van der Waals surface area contributed by atoms with Crippen LogP contribution in [0.25, 0.3) is 0 Å². The molecule has 0 fully saturated rings. The van der Waals surface area contributed by atoms with E-state index in [4.69, 9.17) is 16.2 Å². The van der Waals surface area contributed by atoms with Crippen LogP contribution in [0.4, 0.5) is 5.69 Å². The summed E-state index contributed by atoms with van der Waals surface area (Å²) < 4.78 is 5.79. The van der Waals surface area contributed by atoms with E-state index in [0.717, 1.165) is 28.1 Å². The second-order valence-electron chi connectivity index (χ2n) is 4.78. The summed E-state index contributed by atoms with van der Waals surface area (Å²) in [6, 6.07) is 10.9. The van der Waals surface area contributed by atoms with E-state index in [1.54, 1.807) is 12.1 Å². The number of amides is 1. The molecule has 0 atom stereocenters. The van der Waals surface area contributed by atoms with Crippen molar-refractivity contribution in [3.8, 4) is 5.75 Å². The van der Waals surface area contributed by atoms with Crippen LogP contribution in [0.3, 0.4) is 0 Å². The Morgan fingerprint density at radius 3 is 2.55 bits per heavy atom. The van der Waals surface area contributed by atoms with Gasteiger partial charge >= 0.3 is 0 Å². The first-order valence-corrected chi connectivity index (χ1v) is 6.36. The number of nitrogens with two attached hydrogens (primary N) is 2. The van der Waals surface area contributed by atoms with Crippen molar-refractivity contribution in [1.29, 1.82) is 0 Å². The molecule has 2 aromatic carbocycles. The highest BCUT2D eigenvalue weighted by Gasteiger charge is 2.09. The molecule has 4 heteroatoms. The fraction of sp³-hybridized carbons (Fsp3) is 0.188. The highest BCUT2D eigenvalue weighted by Crippen LogP contribution is 2.25. The van der Waals surface area contributed by atoms with Crippen LogP contribution < -0.4 is 16.2 Å². The summed E-state index contributed by atoms with van der Waals surface area (Å²) in [5.41, 5.74) is 15.1. The molecular formula is C16H18N2O2. The first-order chi connectivity index (χ1) is 9.49. The number of primary amides is 1. The second-order valence-corrected chi connectivity index (χ2v) is 4.78. The highest BCUT2D eigenvalue weighted by atomic mass is 16.5. The molecule has 0 unspecified atom stereocenters. The van der Waals surface area contributed by atoms with Gasteiger partial charge in [0.25, 0.3) is 0 Å². The molecule has 0 saturated heterocycles. The average Bonchev–Trinajstić information content (AvgIpc) is 2.41. The number of hydrogen-bond acceptors (Lipinski definition) is 3. The van der Waals surface area contributed by atoms with Gasteiger partial charge in [0.05, 0.1) is 0 Å². The van der Waals surface area contributed by atoms with Gasteiger partial charge in [-0.25, -0.2) is 0 Å². The van der Waals surface area contributed by atoms with E-state index < -0.39 is 5.91 Å². The van der Waals surface area contributed by atoms with E-state index in [1.807, 2.05) is 38.1 Å². The van der Waals surface area contributed by atoms with Crippen LogP contribution in [0, 0.1) is 13.8 Å². The third-order valence-corrected chi connectivity index (χ3v) is 3.23. The molecule has 0 spiro atoms. The van der Waals surface area contributed by atoms with Crippen LogP contribution in [0.15, 0.2) is 36.4 Å². The van der Waals surface area contributed by atoms with E-state index in [9.17, 15) is 4.79 Å². The Bertz CT molecular complexity index is 651. The maximum atomic E-state index is 11.3. The molecule has 1 amide bonds. The van der Waals surface area contributed by atoms with Gasteiger partial charge in [-0.1, -0.05) is 18.2 Å². The van der Waals surface area contributed by atoms with Crippen LogP contribution in [0.1, 0.15) is 27.0 Å². The number of carbonyl (C=O) groups is 1. The van der Waals surface area contributed by atoms with Gasteiger partial charge < -0.3 is 16.2 Å². The van der Waals surface area contributed by atoms with Crippen molar-refractivity contribution in [2.75, 3.05) is 5.73 Å². The monoisotopic (exact) mass is 270 g/mol. The van der Waals surface area contributed by atoms with Crippen molar-refractivity contribution in [1.82, 2.24) is 0 Å². The number of anilines is 1.